The summed E-state index contributed by atoms with van der Waals surface area (Å²) >= 11 is 13.4. The number of carbonyl (C=O) groups is 1. The first-order valence-corrected chi connectivity index (χ1v) is 22.6. The highest BCUT2D eigenvalue weighted by Gasteiger charge is 2.65. The Hall–Kier alpha value is -0.410. The number of amides is 1. The SMILES string of the molecule is CCOC1CC(C(C)(C)C)CCC1C1=N[C@](C)(C2CCC(Cl)CC2)[C@](C)(C2CCC(Cl)CC2)N1C(=O)C1CCN(CCCS(C)(=O)=O)CC1. The highest BCUT2D eigenvalue weighted by Crippen LogP contribution is 2.57. The zero-order chi connectivity index (χ0) is 35.8. The molecule has 5 aliphatic rings. The summed E-state index contributed by atoms with van der Waals surface area (Å²) in [5.74, 6) is 2.75. The van der Waals surface area contributed by atoms with Gasteiger partial charge in [-0.3, -0.25) is 14.7 Å². The number of alkyl halides is 2. The zero-order valence-corrected chi connectivity index (χ0v) is 34.0. The Kier molecular flexibility index (Phi) is 12.9. The van der Waals surface area contributed by atoms with E-state index in [4.69, 9.17) is 32.9 Å². The molecule has 2 heterocycles. The van der Waals surface area contributed by atoms with Crippen molar-refractivity contribution in [2.75, 3.05) is 38.2 Å². The van der Waals surface area contributed by atoms with Crippen molar-refractivity contribution in [1.29, 1.82) is 0 Å². The highest BCUT2D eigenvalue weighted by atomic mass is 35.5. The van der Waals surface area contributed by atoms with Crippen LogP contribution in [0.15, 0.2) is 4.99 Å². The number of hydrogen-bond donors (Lipinski definition) is 0. The number of aliphatic imine (C=N–C) groups is 1. The van der Waals surface area contributed by atoms with E-state index in [1.807, 2.05) is 0 Å². The van der Waals surface area contributed by atoms with E-state index in [1.54, 1.807) is 0 Å². The third-order valence-electron chi connectivity index (χ3n) is 13.8. The van der Waals surface area contributed by atoms with Gasteiger partial charge in [-0.25, -0.2) is 8.42 Å². The lowest BCUT2D eigenvalue weighted by molar-refractivity contribution is -0.142. The van der Waals surface area contributed by atoms with E-state index in [0.717, 1.165) is 109 Å². The maximum atomic E-state index is 15.4. The van der Waals surface area contributed by atoms with Crippen LogP contribution in [-0.2, 0) is 19.4 Å². The molecular weight excluding hydrogens is 677 g/mol. The molecule has 7 nitrogen and oxygen atoms in total. The molecule has 0 N–H and O–H groups in total. The first kappa shape index (κ1) is 39.8. The van der Waals surface area contributed by atoms with Gasteiger partial charge in [-0.15, -0.1) is 23.2 Å². The van der Waals surface area contributed by atoms with E-state index in [0.29, 0.717) is 30.8 Å². The lowest BCUT2D eigenvalue weighted by Crippen LogP contribution is -2.67. The van der Waals surface area contributed by atoms with Crippen LogP contribution in [0.5, 0.6) is 0 Å². The molecular formula is C39H67Cl2N3O4S. The molecule has 5 rings (SSSR count). The summed E-state index contributed by atoms with van der Waals surface area (Å²) in [5.41, 5.74) is -0.667. The van der Waals surface area contributed by atoms with Crippen molar-refractivity contribution < 1.29 is 17.9 Å². The van der Waals surface area contributed by atoms with E-state index in [2.05, 4.69) is 51.3 Å². The van der Waals surface area contributed by atoms with Crippen molar-refractivity contribution in [3.63, 3.8) is 0 Å². The number of amidine groups is 1. The van der Waals surface area contributed by atoms with Crippen LogP contribution in [0.2, 0.25) is 0 Å². The van der Waals surface area contributed by atoms with Gasteiger partial charge in [-0.1, -0.05) is 20.8 Å². The molecule has 5 atom stereocenters. The lowest BCUT2D eigenvalue weighted by atomic mass is 9.59. The predicted octanol–water partition coefficient (Wildman–Crippen LogP) is 8.35. The van der Waals surface area contributed by atoms with E-state index < -0.39 is 20.9 Å². The molecule has 0 radical (unpaired) electrons. The summed E-state index contributed by atoms with van der Waals surface area (Å²) in [6, 6.07) is 0. The van der Waals surface area contributed by atoms with Crippen LogP contribution in [0.1, 0.15) is 131 Å². The molecule has 3 saturated carbocycles. The predicted molar refractivity (Wildman–Crippen MR) is 203 cm³/mol. The van der Waals surface area contributed by atoms with Crippen molar-refractivity contribution >= 4 is 44.8 Å². The van der Waals surface area contributed by atoms with Crippen molar-refractivity contribution in [3.8, 4) is 0 Å². The molecule has 1 saturated heterocycles. The van der Waals surface area contributed by atoms with Gasteiger partial charge in [0.1, 0.15) is 15.7 Å². The summed E-state index contributed by atoms with van der Waals surface area (Å²) in [6.07, 6.45) is 14.8. The monoisotopic (exact) mass is 743 g/mol. The summed E-state index contributed by atoms with van der Waals surface area (Å²) in [5, 5.41) is 0.420. The van der Waals surface area contributed by atoms with Crippen molar-refractivity contribution in [1.82, 2.24) is 9.80 Å². The fourth-order valence-electron chi connectivity index (χ4n) is 10.5. The topological polar surface area (TPSA) is 79.3 Å². The van der Waals surface area contributed by atoms with Crippen LogP contribution in [0.25, 0.3) is 0 Å². The van der Waals surface area contributed by atoms with Gasteiger partial charge in [0, 0.05) is 35.5 Å². The number of nitrogens with zero attached hydrogens (tertiary/aromatic N) is 3. The molecule has 0 spiro atoms. The Balaban J connectivity index is 1.51. The molecule has 4 fully saturated rings. The summed E-state index contributed by atoms with van der Waals surface area (Å²) in [6.45, 7) is 17.0. The van der Waals surface area contributed by atoms with Crippen LogP contribution >= 0.6 is 23.2 Å². The molecule has 0 aromatic rings. The van der Waals surface area contributed by atoms with E-state index in [9.17, 15) is 8.42 Å². The van der Waals surface area contributed by atoms with Gasteiger partial charge in [-0.05, 0) is 153 Å². The maximum Gasteiger partial charge on any atom is 0.231 e. The number of piperidine rings is 1. The molecule has 2 aliphatic heterocycles. The van der Waals surface area contributed by atoms with Gasteiger partial charge in [0.15, 0.2) is 0 Å². The van der Waals surface area contributed by atoms with Gasteiger partial charge in [0.25, 0.3) is 0 Å². The molecule has 0 aromatic heterocycles. The van der Waals surface area contributed by atoms with Gasteiger partial charge < -0.3 is 9.64 Å². The highest BCUT2D eigenvalue weighted by molar-refractivity contribution is 7.90. The third-order valence-corrected chi connectivity index (χ3v) is 15.7. The number of halogens is 2. The Morgan fingerprint density at radius 2 is 1.47 bits per heavy atom. The average Bonchev–Trinajstić information content (AvgIpc) is 3.28. The molecule has 3 aliphatic carbocycles. The summed E-state index contributed by atoms with van der Waals surface area (Å²) in [4.78, 5) is 26.0. The van der Waals surface area contributed by atoms with Crippen molar-refractivity contribution in [2.45, 2.75) is 159 Å². The van der Waals surface area contributed by atoms with Gasteiger partial charge in [0.2, 0.25) is 5.91 Å². The maximum absolute atomic E-state index is 15.4. The van der Waals surface area contributed by atoms with E-state index in [-0.39, 0.29) is 45.8 Å². The largest absolute Gasteiger partial charge is 0.378 e. The first-order valence-electron chi connectivity index (χ1n) is 19.7. The van der Waals surface area contributed by atoms with Gasteiger partial charge in [0.05, 0.1) is 22.9 Å². The van der Waals surface area contributed by atoms with Crippen molar-refractivity contribution in [3.05, 3.63) is 0 Å². The fourth-order valence-corrected chi connectivity index (χ4v) is 11.7. The van der Waals surface area contributed by atoms with E-state index >= 15 is 4.79 Å². The summed E-state index contributed by atoms with van der Waals surface area (Å²) < 4.78 is 30.1. The number of rotatable bonds is 10. The molecule has 1 amide bonds. The molecule has 0 aromatic carbocycles. The standard InChI is InChI=1S/C39H67Cl2N3O4S/c1-8-48-34-26-30(37(2,3)4)14-19-33(34)35-42-38(5,28-10-15-31(40)16-11-28)39(6,29-12-17-32(41)18-13-29)44(35)36(45)27-20-23-43(24-21-27)22-9-25-49(7,46)47/h27-34H,8-26H2,1-7H3/t28?,29?,30?,31?,32?,33?,34?,38-,39+/m1/s1. The Labute approximate surface area is 308 Å². The average molecular weight is 745 g/mol. The lowest BCUT2D eigenvalue weighted by Gasteiger charge is -2.55. The second-order valence-electron chi connectivity index (χ2n) is 17.9. The quantitative estimate of drug-likeness (QED) is 0.210. The van der Waals surface area contributed by atoms with Gasteiger partial charge >= 0.3 is 0 Å². The number of ether oxygens (including phenoxy) is 1. The number of hydrogen-bond acceptors (Lipinski definition) is 6. The fraction of sp³-hybridized carbons (Fsp3) is 0.949. The van der Waals surface area contributed by atoms with E-state index in [1.165, 1.54) is 6.26 Å². The van der Waals surface area contributed by atoms with Crippen LogP contribution in [-0.4, -0.2) is 96.1 Å². The molecule has 10 heteroatoms. The Bertz CT molecular complexity index is 1270. The molecule has 0 bridgehead atoms. The van der Waals surface area contributed by atoms with Crippen LogP contribution in [0.4, 0.5) is 0 Å². The summed E-state index contributed by atoms with van der Waals surface area (Å²) in [7, 11) is -2.98. The van der Waals surface area contributed by atoms with Crippen LogP contribution in [0.3, 0.4) is 0 Å². The minimum Gasteiger partial charge on any atom is -0.378 e. The smallest absolute Gasteiger partial charge is 0.231 e. The Morgan fingerprint density at radius 3 is 2.00 bits per heavy atom. The second kappa shape index (κ2) is 15.9. The molecule has 49 heavy (non-hydrogen) atoms. The van der Waals surface area contributed by atoms with Gasteiger partial charge in [-0.2, -0.15) is 0 Å². The molecule has 282 valence electrons. The van der Waals surface area contributed by atoms with Crippen molar-refractivity contribution in [2.24, 2.45) is 40.0 Å². The normalized spacial score (nSPS) is 38.8. The minimum atomic E-state index is -2.98. The third kappa shape index (κ3) is 8.71. The molecule has 3 unspecified atom stereocenters. The zero-order valence-electron chi connectivity index (χ0n) is 31.7. The number of sulfone groups is 1. The van der Waals surface area contributed by atoms with Crippen LogP contribution < -0.4 is 0 Å². The van der Waals surface area contributed by atoms with Crippen LogP contribution in [0, 0.1) is 35.0 Å². The number of carbonyl (C=O) groups excluding carboxylic acids is 1. The first-order chi connectivity index (χ1) is 23.0. The number of likely N-dealkylation sites (tertiary alicyclic amines) is 1. The Morgan fingerprint density at radius 1 is 0.898 bits per heavy atom. The second-order valence-corrected chi connectivity index (χ2v) is 21.4. The minimum absolute atomic E-state index is 0.0393.